The summed E-state index contributed by atoms with van der Waals surface area (Å²) in [7, 11) is 2.01. The highest BCUT2D eigenvalue weighted by Gasteiger charge is 2.50. The van der Waals surface area contributed by atoms with Crippen LogP contribution in [0.5, 0.6) is 0 Å². The zero-order valence-corrected chi connectivity index (χ0v) is 14.2. The molecule has 1 fully saturated rings. The Morgan fingerprint density at radius 1 is 1.45 bits per heavy atom. The Kier molecular flexibility index (Phi) is 4.80. The monoisotopic (exact) mass is 297 g/mol. The predicted octanol–water partition coefficient (Wildman–Crippen LogP) is 3.59. The van der Waals surface area contributed by atoms with E-state index in [1.165, 1.54) is 18.5 Å². The minimum absolute atomic E-state index is 0.476. The Morgan fingerprint density at radius 2 is 2.10 bits per heavy atom. The summed E-state index contributed by atoms with van der Waals surface area (Å²) in [6, 6.07) is 0.516. The average molecular weight is 298 g/mol. The van der Waals surface area contributed by atoms with E-state index in [9.17, 15) is 0 Å². The summed E-state index contributed by atoms with van der Waals surface area (Å²) in [4.78, 5) is 0. The molecule has 0 saturated heterocycles. The van der Waals surface area contributed by atoms with Gasteiger partial charge in [0.15, 0.2) is 0 Å². The van der Waals surface area contributed by atoms with E-state index in [1.807, 2.05) is 11.7 Å². The van der Waals surface area contributed by atoms with Crippen LogP contribution in [0.15, 0.2) is 0 Å². The fourth-order valence-electron chi connectivity index (χ4n) is 3.13. The maximum absolute atomic E-state index is 6.49. The van der Waals surface area contributed by atoms with Gasteiger partial charge in [0.2, 0.25) is 0 Å². The topological polar surface area (TPSA) is 29.9 Å². The van der Waals surface area contributed by atoms with E-state index < -0.39 is 0 Å². The maximum atomic E-state index is 6.49. The lowest BCUT2D eigenvalue weighted by atomic mass is 9.99. The van der Waals surface area contributed by atoms with Crippen molar-refractivity contribution in [2.75, 3.05) is 6.54 Å². The molecule has 20 heavy (non-hydrogen) atoms. The van der Waals surface area contributed by atoms with Gasteiger partial charge in [-0.3, -0.25) is 4.68 Å². The summed E-state index contributed by atoms with van der Waals surface area (Å²) >= 11 is 6.49. The van der Waals surface area contributed by atoms with E-state index in [2.05, 4.69) is 38.1 Å². The van der Waals surface area contributed by atoms with Gasteiger partial charge in [-0.05, 0) is 37.1 Å². The second-order valence-electron chi connectivity index (χ2n) is 6.75. The van der Waals surface area contributed by atoms with Crippen molar-refractivity contribution in [2.45, 2.75) is 59.4 Å². The third kappa shape index (κ3) is 3.20. The molecule has 1 heterocycles. The zero-order valence-electron chi connectivity index (χ0n) is 13.5. The minimum atomic E-state index is 0.476. The third-order valence-electron chi connectivity index (χ3n) is 4.65. The normalized spacial score (nSPS) is 22.0. The molecule has 0 aliphatic heterocycles. The van der Waals surface area contributed by atoms with Gasteiger partial charge in [-0.15, -0.1) is 0 Å². The van der Waals surface area contributed by atoms with Crippen LogP contribution in [0.25, 0.3) is 0 Å². The van der Waals surface area contributed by atoms with Crippen molar-refractivity contribution in [2.24, 2.45) is 18.4 Å². The number of nitrogens with one attached hydrogen (secondary N) is 1. The largest absolute Gasteiger partial charge is 0.313 e. The van der Waals surface area contributed by atoms with Crippen LogP contribution in [0.4, 0.5) is 0 Å². The van der Waals surface area contributed by atoms with Crippen molar-refractivity contribution in [1.82, 2.24) is 15.1 Å². The van der Waals surface area contributed by atoms with E-state index in [-0.39, 0.29) is 0 Å². The molecule has 4 heteroatoms. The first-order chi connectivity index (χ1) is 9.40. The molecule has 114 valence electrons. The van der Waals surface area contributed by atoms with E-state index in [0.717, 1.165) is 36.0 Å². The lowest BCUT2D eigenvalue weighted by Crippen LogP contribution is -2.35. The summed E-state index contributed by atoms with van der Waals surface area (Å²) in [5, 5.41) is 9.12. The highest BCUT2D eigenvalue weighted by atomic mass is 35.5. The first kappa shape index (κ1) is 15.8. The Balaban J connectivity index is 2.13. The molecule has 0 bridgehead atoms. The summed E-state index contributed by atoms with van der Waals surface area (Å²) in [6.45, 7) is 10.1. The molecule has 0 aromatic carbocycles. The first-order valence-corrected chi connectivity index (χ1v) is 8.22. The maximum Gasteiger partial charge on any atom is 0.0850 e. The van der Waals surface area contributed by atoms with Gasteiger partial charge in [0, 0.05) is 19.5 Å². The third-order valence-corrected chi connectivity index (χ3v) is 5.08. The molecule has 2 atom stereocenters. The molecule has 1 aromatic heterocycles. The number of aryl methyl sites for hydroxylation is 2. The van der Waals surface area contributed by atoms with Crippen LogP contribution in [-0.4, -0.2) is 22.4 Å². The van der Waals surface area contributed by atoms with Gasteiger partial charge in [-0.25, -0.2) is 0 Å². The van der Waals surface area contributed by atoms with Gasteiger partial charge < -0.3 is 5.32 Å². The second-order valence-corrected chi connectivity index (χ2v) is 7.13. The van der Waals surface area contributed by atoms with Crippen LogP contribution >= 0.6 is 11.6 Å². The number of rotatable bonds is 7. The van der Waals surface area contributed by atoms with E-state index >= 15 is 0 Å². The molecule has 2 unspecified atom stereocenters. The zero-order chi connectivity index (χ0) is 14.9. The molecule has 0 spiro atoms. The standard InChI is InChI=1S/C16H28ClN3/c1-6-8-18-13(11-10-16(11,3)4)9-14-15(17)12(7-2)19-20(14)5/h11,13,18H,6-10H2,1-5H3. The predicted molar refractivity (Wildman–Crippen MR) is 85.3 cm³/mol. The van der Waals surface area contributed by atoms with Crippen molar-refractivity contribution >= 4 is 11.6 Å². The Bertz CT molecular complexity index is 465. The van der Waals surface area contributed by atoms with Crippen LogP contribution in [0.1, 0.15) is 51.9 Å². The van der Waals surface area contributed by atoms with Crippen molar-refractivity contribution in [3.05, 3.63) is 16.4 Å². The number of halogens is 1. The highest BCUT2D eigenvalue weighted by molar-refractivity contribution is 6.31. The van der Waals surface area contributed by atoms with Gasteiger partial charge in [-0.1, -0.05) is 39.3 Å². The summed E-state index contributed by atoms with van der Waals surface area (Å²) in [6.07, 6.45) is 4.36. The van der Waals surface area contributed by atoms with Gasteiger partial charge in [-0.2, -0.15) is 5.10 Å². The lowest BCUT2D eigenvalue weighted by molar-refractivity contribution is 0.395. The van der Waals surface area contributed by atoms with Crippen LogP contribution < -0.4 is 5.32 Å². The average Bonchev–Trinajstić information content (AvgIpc) is 2.94. The molecule has 2 rings (SSSR count). The molecular weight excluding hydrogens is 270 g/mol. The van der Waals surface area contributed by atoms with Crippen LogP contribution in [0, 0.1) is 11.3 Å². The van der Waals surface area contributed by atoms with E-state index in [1.54, 1.807) is 0 Å². The van der Waals surface area contributed by atoms with Crippen molar-refractivity contribution < 1.29 is 0 Å². The quantitative estimate of drug-likeness (QED) is 0.833. The highest BCUT2D eigenvalue weighted by Crippen LogP contribution is 2.54. The molecular formula is C16H28ClN3. The number of nitrogens with zero attached hydrogens (tertiary/aromatic N) is 2. The Labute approximate surface area is 128 Å². The van der Waals surface area contributed by atoms with Crippen molar-refractivity contribution in [3.63, 3.8) is 0 Å². The van der Waals surface area contributed by atoms with Crippen LogP contribution in [0.2, 0.25) is 5.02 Å². The van der Waals surface area contributed by atoms with Crippen molar-refractivity contribution in [3.8, 4) is 0 Å². The molecule has 3 nitrogen and oxygen atoms in total. The molecule has 1 aliphatic rings. The summed E-state index contributed by atoms with van der Waals surface area (Å²) in [5.41, 5.74) is 2.68. The minimum Gasteiger partial charge on any atom is -0.313 e. The van der Waals surface area contributed by atoms with Gasteiger partial charge in [0.25, 0.3) is 0 Å². The van der Waals surface area contributed by atoms with Gasteiger partial charge in [0.05, 0.1) is 16.4 Å². The first-order valence-electron chi connectivity index (χ1n) is 7.84. The fourth-order valence-corrected chi connectivity index (χ4v) is 3.50. The number of hydrogen-bond donors (Lipinski definition) is 1. The smallest absolute Gasteiger partial charge is 0.0850 e. The number of aromatic nitrogens is 2. The molecule has 1 aliphatic carbocycles. The van der Waals surface area contributed by atoms with Gasteiger partial charge >= 0.3 is 0 Å². The van der Waals surface area contributed by atoms with Crippen LogP contribution in [0.3, 0.4) is 0 Å². The SMILES string of the molecule is CCCNC(Cc1c(Cl)c(CC)nn1C)C1CC1(C)C. The molecule has 1 aromatic rings. The van der Waals surface area contributed by atoms with Gasteiger partial charge in [0.1, 0.15) is 0 Å². The Morgan fingerprint density at radius 3 is 2.55 bits per heavy atom. The Hall–Kier alpha value is -0.540. The van der Waals surface area contributed by atoms with E-state index in [0.29, 0.717) is 11.5 Å². The van der Waals surface area contributed by atoms with Crippen LogP contribution in [-0.2, 0) is 19.9 Å². The summed E-state index contributed by atoms with van der Waals surface area (Å²) in [5.74, 6) is 0.755. The molecule has 0 radical (unpaired) electrons. The molecule has 1 N–H and O–H groups in total. The fraction of sp³-hybridized carbons (Fsp3) is 0.812. The molecule has 1 saturated carbocycles. The number of hydrogen-bond acceptors (Lipinski definition) is 2. The summed E-state index contributed by atoms with van der Waals surface area (Å²) < 4.78 is 1.97. The van der Waals surface area contributed by atoms with E-state index in [4.69, 9.17) is 11.6 Å². The molecule has 0 amide bonds. The van der Waals surface area contributed by atoms with Crippen molar-refractivity contribution in [1.29, 1.82) is 0 Å². The second kappa shape index (κ2) is 6.07. The lowest BCUT2D eigenvalue weighted by Gasteiger charge is -2.20.